The summed E-state index contributed by atoms with van der Waals surface area (Å²) in [6.45, 7) is 0.0910. The quantitative estimate of drug-likeness (QED) is 0.518. The van der Waals surface area contributed by atoms with Crippen molar-refractivity contribution in [2.45, 2.75) is 6.04 Å². The maximum atomic E-state index is 10.4. The van der Waals surface area contributed by atoms with E-state index in [4.69, 9.17) is 10.3 Å². The van der Waals surface area contributed by atoms with E-state index >= 15 is 0 Å². The molecule has 1 aromatic carbocycles. The van der Waals surface area contributed by atoms with Gasteiger partial charge in [0.15, 0.2) is 0 Å². The van der Waals surface area contributed by atoms with Crippen LogP contribution in [0.1, 0.15) is 11.6 Å². The van der Waals surface area contributed by atoms with Gasteiger partial charge in [0.2, 0.25) is 0 Å². The van der Waals surface area contributed by atoms with Gasteiger partial charge in [-0.25, -0.2) is 4.79 Å². The standard InChI is InChI=1S/C11H13N3O3/c15-11(16)13-6-10(14-17)8-5-12-9-4-2-1-3-7(8)9/h1-5,10,12-14,17H,6H2,(H,15,16). The first kappa shape index (κ1) is 11.4. The zero-order chi connectivity index (χ0) is 12.3. The van der Waals surface area contributed by atoms with Crippen molar-refractivity contribution in [3.63, 3.8) is 0 Å². The SMILES string of the molecule is O=C(O)NCC(NO)c1c[nH]c2ccccc12. The van der Waals surface area contributed by atoms with Crippen molar-refractivity contribution in [3.05, 3.63) is 36.0 Å². The third kappa shape index (κ3) is 2.38. The van der Waals surface area contributed by atoms with Crippen LogP contribution in [-0.4, -0.2) is 27.9 Å². The number of amides is 1. The predicted molar refractivity (Wildman–Crippen MR) is 62.0 cm³/mol. The summed E-state index contributed by atoms with van der Waals surface area (Å²) >= 11 is 0. The Labute approximate surface area is 97.2 Å². The molecule has 1 unspecified atom stereocenters. The number of hydrogen-bond donors (Lipinski definition) is 5. The zero-order valence-electron chi connectivity index (χ0n) is 8.97. The van der Waals surface area contributed by atoms with Gasteiger partial charge >= 0.3 is 6.09 Å². The van der Waals surface area contributed by atoms with Crippen LogP contribution < -0.4 is 10.8 Å². The fourth-order valence-corrected chi connectivity index (χ4v) is 1.80. The summed E-state index contributed by atoms with van der Waals surface area (Å²) in [6, 6.07) is 7.13. The Morgan fingerprint density at radius 1 is 1.41 bits per heavy atom. The molecule has 6 heteroatoms. The molecule has 0 saturated carbocycles. The predicted octanol–water partition coefficient (Wildman–Crippen LogP) is 1.46. The number of carbonyl (C=O) groups is 1. The van der Waals surface area contributed by atoms with Crippen molar-refractivity contribution in [1.82, 2.24) is 15.8 Å². The first-order chi connectivity index (χ1) is 8.22. The fraction of sp³-hybridized carbons (Fsp3) is 0.182. The number of H-pyrrole nitrogens is 1. The van der Waals surface area contributed by atoms with Gasteiger partial charge < -0.3 is 20.6 Å². The number of rotatable bonds is 4. The molecule has 1 atom stereocenters. The molecule has 1 amide bonds. The second kappa shape index (κ2) is 4.86. The molecule has 0 aliphatic heterocycles. The molecular weight excluding hydrogens is 222 g/mol. The molecule has 6 nitrogen and oxygen atoms in total. The highest BCUT2D eigenvalue weighted by Gasteiger charge is 2.15. The minimum Gasteiger partial charge on any atom is -0.465 e. The summed E-state index contributed by atoms with van der Waals surface area (Å²) in [6.07, 6.45) is 0.632. The maximum absolute atomic E-state index is 10.4. The summed E-state index contributed by atoms with van der Waals surface area (Å²) in [7, 11) is 0. The van der Waals surface area contributed by atoms with E-state index in [2.05, 4.69) is 15.8 Å². The molecule has 1 aromatic heterocycles. The monoisotopic (exact) mass is 235 g/mol. The van der Waals surface area contributed by atoms with E-state index in [1.54, 1.807) is 6.20 Å². The highest BCUT2D eigenvalue weighted by molar-refractivity contribution is 5.83. The van der Waals surface area contributed by atoms with Crippen molar-refractivity contribution in [3.8, 4) is 0 Å². The zero-order valence-corrected chi connectivity index (χ0v) is 8.97. The van der Waals surface area contributed by atoms with Gasteiger partial charge in [0.1, 0.15) is 0 Å². The molecule has 0 saturated heterocycles. The summed E-state index contributed by atoms with van der Waals surface area (Å²) in [5.74, 6) is 0. The lowest BCUT2D eigenvalue weighted by molar-refractivity contribution is 0.124. The van der Waals surface area contributed by atoms with E-state index in [0.717, 1.165) is 16.5 Å². The average molecular weight is 235 g/mol. The maximum Gasteiger partial charge on any atom is 0.404 e. The van der Waals surface area contributed by atoms with Crippen LogP contribution in [0, 0.1) is 0 Å². The lowest BCUT2D eigenvalue weighted by Crippen LogP contribution is -2.32. The summed E-state index contributed by atoms with van der Waals surface area (Å²) < 4.78 is 0. The van der Waals surface area contributed by atoms with E-state index in [9.17, 15) is 4.79 Å². The van der Waals surface area contributed by atoms with Gasteiger partial charge in [0, 0.05) is 23.6 Å². The normalized spacial score (nSPS) is 12.5. The number of hydrogen-bond acceptors (Lipinski definition) is 3. The van der Waals surface area contributed by atoms with Crippen LogP contribution in [0.15, 0.2) is 30.5 Å². The summed E-state index contributed by atoms with van der Waals surface area (Å²) in [4.78, 5) is 13.5. The molecule has 0 aliphatic rings. The average Bonchev–Trinajstić information content (AvgIpc) is 2.74. The highest BCUT2D eigenvalue weighted by Crippen LogP contribution is 2.23. The number of carboxylic acid groups (broad SMARTS) is 1. The van der Waals surface area contributed by atoms with Crippen LogP contribution in [0.25, 0.3) is 10.9 Å². The van der Waals surface area contributed by atoms with Gasteiger partial charge in [-0.1, -0.05) is 18.2 Å². The molecule has 2 aromatic rings. The molecule has 2 rings (SSSR count). The third-order valence-corrected chi connectivity index (χ3v) is 2.61. The molecule has 0 fully saturated rings. The number of benzene rings is 1. The second-order valence-corrected chi connectivity index (χ2v) is 3.66. The minimum atomic E-state index is -1.12. The lowest BCUT2D eigenvalue weighted by Gasteiger charge is -2.13. The van der Waals surface area contributed by atoms with Gasteiger partial charge in [-0.05, 0) is 11.6 Å². The Kier molecular flexibility index (Phi) is 3.27. The Balaban J connectivity index is 2.27. The lowest BCUT2D eigenvalue weighted by atomic mass is 10.1. The largest absolute Gasteiger partial charge is 0.465 e. The van der Waals surface area contributed by atoms with Crippen molar-refractivity contribution >= 4 is 17.0 Å². The van der Waals surface area contributed by atoms with Gasteiger partial charge in [-0.15, -0.1) is 0 Å². The van der Waals surface area contributed by atoms with E-state index in [-0.39, 0.29) is 6.54 Å². The molecule has 0 bridgehead atoms. The number of aromatic amines is 1. The second-order valence-electron chi connectivity index (χ2n) is 3.66. The molecule has 0 spiro atoms. The van der Waals surface area contributed by atoms with Crippen molar-refractivity contribution in [2.24, 2.45) is 0 Å². The molecular formula is C11H13N3O3. The van der Waals surface area contributed by atoms with Crippen LogP contribution in [0.3, 0.4) is 0 Å². The first-order valence-electron chi connectivity index (χ1n) is 5.15. The number of aromatic nitrogens is 1. The molecule has 0 aliphatic carbocycles. The van der Waals surface area contributed by atoms with E-state index in [1.165, 1.54) is 0 Å². The molecule has 90 valence electrons. The molecule has 0 radical (unpaired) electrons. The van der Waals surface area contributed by atoms with Gasteiger partial charge in [-0.2, -0.15) is 5.48 Å². The number of nitrogens with one attached hydrogen (secondary N) is 3. The summed E-state index contributed by atoms with van der Waals surface area (Å²) in [5.41, 5.74) is 3.87. The molecule has 5 N–H and O–H groups in total. The first-order valence-corrected chi connectivity index (χ1v) is 5.15. The Morgan fingerprint density at radius 3 is 2.88 bits per heavy atom. The van der Waals surface area contributed by atoms with E-state index in [1.807, 2.05) is 24.3 Å². The van der Waals surface area contributed by atoms with E-state index < -0.39 is 12.1 Å². The highest BCUT2D eigenvalue weighted by atomic mass is 16.5. The van der Waals surface area contributed by atoms with Crippen molar-refractivity contribution in [1.29, 1.82) is 0 Å². The van der Waals surface area contributed by atoms with Crippen LogP contribution >= 0.6 is 0 Å². The van der Waals surface area contributed by atoms with Crippen LogP contribution in [0.2, 0.25) is 0 Å². The third-order valence-electron chi connectivity index (χ3n) is 2.61. The van der Waals surface area contributed by atoms with Gasteiger partial charge in [0.05, 0.1) is 6.04 Å². The number of hydroxylamine groups is 1. The number of para-hydroxylation sites is 1. The smallest absolute Gasteiger partial charge is 0.404 e. The van der Waals surface area contributed by atoms with Gasteiger partial charge in [0.25, 0.3) is 0 Å². The fourth-order valence-electron chi connectivity index (χ4n) is 1.80. The van der Waals surface area contributed by atoms with Crippen LogP contribution in [0.5, 0.6) is 0 Å². The molecule has 17 heavy (non-hydrogen) atoms. The van der Waals surface area contributed by atoms with Crippen LogP contribution in [0.4, 0.5) is 4.79 Å². The van der Waals surface area contributed by atoms with Crippen LogP contribution in [-0.2, 0) is 0 Å². The van der Waals surface area contributed by atoms with Crippen molar-refractivity contribution < 1.29 is 15.1 Å². The van der Waals surface area contributed by atoms with E-state index in [0.29, 0.717) is 0 Å². The number of fused-ring (bicyclic) bond motifs is 1. The Bertz CT molecular complexity index is 523. The molecule has 1 heterocycles. The topological polar surface area (TPSA) is 97.4 Å². The summed E-state index contributed by atoms with van der Waals surface area (Å²) in [5, 5.41) is 20.8. The Morgan fingerprint density at radius 2 is 2.18 bits per heavy atom. The van der Waals surface area contributed by atoms with Crippen molar-refractivity contribution in [2.75, 3.05) is 6.54 Å². The van der Waals surface area contributed by atoms with Gasteiger partial charge in [-0.3, -0.25) is 0 Å². The minimum absolute atomic E-state index is 0.0910. The Hall–Kier alpha value is -2.05.